The smallest absolute Gasteiger partial charge is 0.281 e. The van der Waals surface area contributed by atoms with Crippen molar-refractivity contribution in [1.82, 2.24) is 0 Å². The average molecular weight is 669 g/mol. The van der Waals surface area contributed by atoms with E-state index < -0.39 is 26.1 Å². The molecule has 0 spiro atoms. The maximum absolute atomic E-state index is 12.6. The first-order valence-corrected chi connectivity index (χ1v) is 19.4. The third-order valence-electron chi connectivity index (χ3n) is 7.11. The second-order valence-corrected chi connectivity index (χ2v) is 16.3. The zero-order chi connectivity index (χ0) is 26.4. The Bertz CT molecular complexity index is 527. The summed E-state index contributed by atoms with van der Waals surface area (Å²) in [7, 11) is -3.56. The minimum absolute atomic E-state index is 0.0129. The normalized spacial score (nSPS) is 20.4. The van der Waals surface area contributed by atoms with Gasteiger partial charge >= 0.3 is 7.82 Å². The van der Waals surface area contributed by atoms with Gasteiger partial charge in [-0.15, -0.1) is 69.6 Å². The van der Waals surface area contributed by atoms with Gasteiger partial charge in [0.1, 0.15) is 0 Å². The predicted molar refractivity (Wildman–Crippen MR) is 160 cm³/mol. The van der Waals surface area contributed by atoms with Crippen LogP contribution in [0.2, 0.25) is 0 Å². The van der Waals surface area contributed by atoms with Gasteiger partial charge < -0.3 is 0 Å². The number of phosphoric acid groups is 1. The molecule has 0 unspecified atom stereocenters. The number of phosphoric ester groups is 1. The molecule has 12 heteroatoms. The van der Waals surface area contributed by atoms with E-state index in [9.17, 15) is 4.57 Å². The molecule has 0 aromatic rings. The number of alkyl halides is 6. The lowest BCUT2D eigenvalue weighted by Crippen LogP contribution is -2.25. The highest BCUT2D eigenvalue weighted by molar-refractivity contribution is 7.60. The summed E-state index contributed by atoms with van der Waals surface area (Å²) in [5.41, 5.74) is 3.63. The molecule has 3 fully saturated rings. The Hall–Kier alpha value is 2.28. The van der Waals surface area contributed by atoms with Crippen molar-refractivity contribution in [3.8, 4) is 0 Å². The Morgan fingerprint density at radius 1 is 0.528 bits per heavy atom. The molecular formula is C24H42Cl6O4P2. The van der Waals surface area contributed by atoms with E-state index in [1.807, 2.05) is 0 Å². The van der Waals surface area contributed by atoms with E-state index in [1.165, 1.54) is 17.0 Å². The van der Waals surface area contributed by atoms with Crippen LogP contribution in [0.3, 0.4) is 0 Å². The fourth-order valence-electron chi connectivity index (χ4n) is 5.42. The summed E-state index contributed by atoms with van der Waals surface area (Å²) in [6.07, 6.45) is 16.8. The van der Waals surface area contributed by atoms with Gasteiger partial charge in [0, 0.05) is 0 Å². The third-order valence-corrected chi connectivity index (χ3v) is 14.9. The molecule has 0 aliphatic heterocycles. The fraction of sp³-hybridized carbons (Fsp3) is 1.00. The largest absolute Gasteiger partial charge is 0.475 e. The molecule has 0 heterocycles. The first kappa shape index (κ1) is 34.5. The van der Waals surface area contributed by atoms with E-state index in [0.717, 1.165) is 0 Å². The second-order valence-electron chi connectivity index (χ2n) is 9.82. The van der Waals surface area contributed by atoms with Crippen LogP contribution >= 0.6 is 85.3 Å². The van der Waals surface area contributed by atoms with E-state index in [2.05, 4.69) is 0 Å². The fourth-order valence-corrected chi connectivity index (χ4v) is 13.7. The number of hydrogen-bond acceptors (Lipinski definition) is 4. The molecule has 3 saturated carbocycles. The molecule has 0 atom stereocenters. The van der Waals surface area contributed by atoms with Crippen LogP contribution in [-0.4, -0.2) is 70.6 Å². The van der Waals surface area contributed by atoms with Crippen molar-refractivity contribution in [3.05, 3.63) is 0 Å². The highest BCUT2D eigenvalue weighted by Gasteiger charge is 2.38. The molecule has 0 bridgehead atoms. The molecule has 4 nitrogen and oxygen atoms in total. The summed E-state index contributed by atoms with van der Waals surface area (Å²) in [5, 5.41) is 0. The zero-order valence-electron chi connectivity index (χ0n) is 21.0. The van der Waals surface area contributed by atoms with Crippen molar-refractivity contribution in [2.24, 2.45) is 0 Å². The van der Waals surface area contributed by atoms with Crippen LogP contribution in [-0.2, 0) is 18.1 Å². The predicted octanol–water partition coefficient (Wildman–Crippen LogP) is 9.98. The standard InChI is InChI=1S/C15H27P.C9H15Cl6O4P/c1-2-8-13(7-1)16(14-9-3-4-10-14)15-11-5-6-12-15;10-1-7(2-11)17-20(16,18-8(3-12)4-13)19-9(5-14)6-15/h13-15H,1-12H2;7-9H,1-6H2. The van der Waals surface area contributed by atoms with Gasteiger partial charge in [0.2, 0.25) is 0 Å². The van der Waals surface area contributed by atoms with Gasteiger partial charge in [0.25, 0.3) is 0 Å². The highest BCUT2D eigenvalue weighted by atomic mass is 35.5. The lowest BCUT2D eigenvalue weighted by Gasteiger charge is -2.35. The Balaban J connectivity index is 0.000000257. The van der Waals surface area contributed by atoms with Crippen LogP contribution in [0.15, 0.2) is 0 Å². The van der Waals surface area contributed by atoms with Crippen LogP contribution < -0.4 is 0 Å². The minimum atomic E-state index is -3.99. The maximum atomic E-state index is 12.6. The highest BCUT2D eigenvalue weighted by Crippen LogP contribution is 2.63. The van der Waals surface area contributed by atoms with Crippen LogP contribution in [0, 0.1) is 0 Å². The first-order chi connectivity index (χ1) is 17.4. The van der Waals surface area contributed by atoms with Crippen LogP contribution in [0.4, 0.5) is 0 Å². The van der Waals surface area contributed by atoms with Crippen molar-refractivity contribution >= 4 is 85.3 Å². The van der Waals surface area contributed by atoms with Crippen molar-refractivity contribution in [1.29, 1.82) is 0 Å². The van der Waals surface area contributed by atoms with Crippen LogP contribution in [0.1, 0.15) is 77.0 Å². The maximum Gasteiger partial charge on any atom is 0.475 e. The minimum Gasteiger partial charge on any atom is -0.281 e. The van der Waals surface area contributed by atoms with Crippen molar-refractivity contribution in [3.63, 3.8) is 0 Å². The Kier molecular flexibility index (Phi) is 18.6. The van der Waals surface area contributed by atoms with Gasteiger partial charge in [-0.3, -0.25) is 13.6 Å². The third kappa shape index (κ3) is 11.6. The van der Waals surface area contributed by atoms with Crippen molar-refractivity contribution < 1.29 is 18.1 Å². The van der Waals surface area contributed by atoms with Gasteiger partial charge in [0.05, 0.1) is 53.6 Å². The molecule has 0 amide bonds. The summed E-state index contributed by atoms with van der Waals surface area (Å²) in [6.45, 7) is 0. The van der Waals surface area contributed by atoms with E-state index in [1.54, 1.807) is 77.0 Å². The molecule has 214 valence electrons. The lowest BCUT2D eigenvalue weighted by molar-refractivity contribution is 0.0605. The van der Waals surface area contributed by atoms with Gasteiger partial charge in [-0.25, -0.2) is 4.57 Å². The van der Waals surface area contributed by atoms with E-state index >= 15 is 0 Å². The Morgan fingerprint density at radius 2 is 0.750 bits per heavy atom. The molecule has 0 aromatic carbocycles. The summed E-state index contributed by atoms with van der Waals surface area (Å²) in [5.74, 6) is 0.0776. The molecule has 0 aromatic heterocycles. The monoisotopic (exact) mass is 666 g/mol. The van der Waals surface area contributed by atoms with Gasteiger partial charge in [-0.1, -0.05) is 46.4 Å². The van der Waals surface area contributed by atoms with Gasteiger partial charge in [-0.05, 0) is 55.5 Å². The molecule has 3 aliphatic carbocycles. The van der Waals surface area contributed by atoms with Crippen molar-refractivity contribution in [2.45, 2.75) is 112 Å². The summed E-state index contributed by atoms with van der Waals surface area (Å²) in [4.78, 5) is 0. The average Bonchev–Trinajstić information content (AvgIpc) is 3.70. The van der Waals surface area contributed by atoms with Crippen LogP contribution in [0.25, 0.3) is 0 Å². The zero-order valence-corrected chi connectivity index (χ0v) is 27.3. The van der Waals surface area contributed by atoms with Gasteiger partial charge in [0.15, 0.2) is 0 Å². The molecule has 3 rings (SSSR count). The van der Waals surface area contributed by atoms with E-state index in [4.69, 9.17) is 83.2 Å². The molecule has 0 saturated heterocycles. The molecule has 0 radical (unpaired) electrons. The van der Waals surface area contributed by atoms with Crippen molar-refractivity contribution in [2.75, 3.05) is 35.3 Å². The Morgan fingerprint density at radius 3 is 0.944 bits per heavy atom. The Labute approximate surface area is 249 Å². The number of rotatable bonds is 15. The van der Waals surface area contributed by atoms with E-state index in [-0.39, 0.29) is 35.3 Å². The summed E-state index contributed by atoms with van der Waals surface area (Å²) in [6, 6.07) is 0. The SMILES string of the molecule is C1CCC(P(C2CCCC2)C2CCCC2)C1.O=P(OC(CCl)CCl)(OC(CCl)CCl)OC(CCl)CCl. The number of hydrogen-bond donors (Lipinski definition) is 0. The molecule has 36 heavy (non-hydrogen) atoms. The molecule has 3 aliphatic rings. The molecule has 0 N–H and O–H groups in total. The topological polar surface area (TPSA) is 44.8 Å². The van der Waals surface area contributed by atoms with Crippen LogP contribution in [0.5, 0.6) is 0 Å². The lowest BCUT2D eigenvalue weighted by atomic mass is 10.3. The summed E-state index contributed by atoms with van der Waals surface area (Å²) < 4.78 is 28.2. The van der Waals surface area contributed by atoms with Gasteiger partial charge in [-0.2, -0.15) is 0 Å². The molecular weight excluding hydrogens is 627 g/mol. The second kappa shape index (κ2) is 19.4. The first-order valence-electron chi connectivity index (χ1n) is 13.2. The number of halogens is 6. The quantitative estimate of drug-likeness (QED) is 0.129. The summed E-state index contributed by atoms with van der Waals surface area (Å²) >= 11 is 33.8. The van der Waals surface area contributed by atoms with E-state index in [0.29, 0.717) is 7.92 Å².